The number of hydrogen-bond donors (Lipinski definition) is 1. The Kier molecular flexibility index (Phi) is 6.00. The molecule has 2 aromatic carbocycles. The van der Waals surface area contributed by atoms with Gasteiger partial charge in [-0.3, -0.25) is 4.79 Å². The zero-order valence-electron chi connectivity index (χ0n) is 16.0. The van der Waals surface area contributed by atoms with Gasteiger partial charge in [-0.15, -0.1) is 0 Å². The fourth-order valence-electron chi connectivity index (χ4n) is 3.18. The highest BCUT2D eigenvalue weighted by atomic mass is 32.2. The molecule has 1 N–H and O–H groups in total. The number of rotatable bonds is 5. The van der Waals surface area contributed by atoms with Crippen molar-refractivity contribution in [3.63, 3.8) is 0 Å². The molecular weight excluding hydrogens is 381 g/mol. The first-order valence-electron chi connectivity index (χ1n) is 9.17. The molecule has 0 unspecified atom stereocenters. The number of carbonyl (C=O) groups excluding carboxylic acids is 1. The van der Waals surface area contributed by atoms with E-state index < -0.39 is 21.7 Å². The molecule has 1 aliphatic rings. The first-order valence-corrected chi connectivity index (χ1v) is 10.6. The van der Waals surface area contributed by atoms with Crippen molar-refractivity contribution in [3.05, 3.63) is 53.8 Å². The number of carbonyl (C=O) groups is 1. The molecule has 28 heavy (non-hydrogen) atoms. The highest BCUT2D eigenvalue weighted by molar-refractivity contribution is 7.89. The lowest BCUT2D eigenvalue weighted by molar-refractivity contribution is 0.102. The van der Waals surface area contributed by atoms with Gasteiger partial charge in [-0.1, -0.05) is 6.42 Å². The van der Waals surface area contributed by atoms with Crippen molar-refractivity contribution in [1.82, 2.24) is 4.31 Å². The number of piperidine rings is 1. The number of hydrogen-bond acceptors (Lipinski definition) is 4. The Bertz CT molecular complexity index is 953. The maximum atomic E-state index is 14.1. The summed E-state index contributed by atoms with van der Waals surface area (Å²) in [5.41, 5.74) is 1.02. The van der Waals surface area contributed by atoms with Crippen LogP contribution in [-0.4, -0.2) is 45.8 Å². The van der Waals surface area contributed by atoms with E-state index >= 15 is 0 Å². The summed E-state index contributed by atoms with van der Waals surface area (Å²) < 4.78 is 40.9. The predicted octanol–water partition coefficient (Wildman–Crippen LogP) is 3.32. The van der Waals surface area contributed by atoms with Crippen LogP contribution in [0, 0.1) is 5.82 Å². The largest absolute Gasteiger partial charge is 0.375 e. The third-order valence-electron chi connectivity index (χ3n) is 4.76. The van der Waals surface area contributed by atoms with Crippen LogP contribution in [0.25, 0.3) is 0 Å². The van der Waals surface area contributed by atoms with Gasteiger partial charge in [0.2, 0.25) is 10.0 Å². The molecule has 2 aromatic rings. The van der Waals surface area contributed by atoms with E-state index in [1.54, 1.807) is 43.3 Å². The summed E-state index contributed by atoms with van der Waals surface area (Å²) in [5, 5.41) is 2.66. The van der Waals surface area contributed by atoms with Crippen LogP contribution in [0.5, 0.6) is 0 Å². The number of sulfonamides is 1. The molecular formula is C20H24FN3O3S. The van der Waals surface area contributed by atoms with E-state index in [0.29, 0.717) is 24.5 Å². The number of anilines is 2. The zero-order valence-corrected chi connectivity index (χ0v) is 16.8. The molecule has 1 amide bonds. The molecule has 1 heterocycles. The third kappa shape index (κ3) is 4.34. The number of halogens is 1. The Balaban J connectivity index is 1.72. The second-order valence-electron chi connectivity index (χ2n) is 7.00. The molecule has 6 nitrogen and oxygen atoms in total. The smallest absolute Gasteiger partial charge is 0.255 e. The third-order valence-corrected chi connectivity index (χ3v) is 6.67. The van der Waals surface area contributed by atoms with Crippen LogP contribution < -0.4 is 10.2 Å². The van der Waals surface area contributed by atoms with E-state index in [4.69, 9.17) is 0 Å². The van der Waals surface area contributed by atoms with Crippen molar-refractivity contribution in [1.29, 1.82) is 0 Å². The molecule has 3 rings (SSSR count). The maximum absolute atomic E-state index is 14.1. The molecule has 1 fully saturated rings. The van der Waals surface area contributed by atoms with Gasteiger partial charge in [-0.05, 0) is 55.3 Å². The van der Waals surface area contributed by atoms with Gasteiger partial charge in [0.05, 0.1) is 10.6 Å². The van der Waals surface area contributed by atoms with Crippen molar-refractivity contribution in [2.45, 2.75) is 24.2 Å². The molecule has 150 valence electrons. The minimum Gasteiger partial charge on any atom is -0.375 e. The van der Waals surface area contributed by atoms with Gasteiger partial charge in [0.15, 0.2) is 0 Å². The Labute approximate surface area is 165 Å². The minimum atomic E-state index is -3.51. The highest BCUT2D eigenvalue weighted by Crippen LogP contribution is 2.23. The van der Waals surface area contributed by atoms with Crippen molar-refractivity contribution in [2.75, 3.05) is 37.4 Å². The summed E-state index contributed by atoms with van der Waals surface area (Å²) in [4.78, 5) is 14.2. The van der Waals surface area contributed by atoms with Crippen LogP contribution in [0.2, 0.25) is 0 Å². The summed E-state index contributed by atoms with van der Waals surface area (Å²) in [5.74, 6) is -0.948. The van der Waals surface area contributed by atoms with Crippen LogP contribution in [-0.2, 0) is 10.0 Å². The van der Waals surface area contributed by atoms with Crippen molar-refractivity contribution in [3.8, 4) is 0 Å². The zero-order chi connectivity index (χ0) is 20.3. The molecule has 0 atom stereocenters. The van der Waals surface area contributed by atoms with Crippen LogP contribution in [0.15, 0.2) is 47.4 Å². The van der Waals surface area contributed by atoms with Crippen LogP contribution in [0.4, 0.5) is 15.8 Å². The highest BCUT2D eigenvalue weighted by Gasteiger charge is 2.25. The summed E-state index contributed by atoms with van der Waals surface area (Å²) in [6.45, 7) is 1.07. The molecule has 0 aliphatic carbocycles. The first-order chi connectivity index (χ1) is 13.3. The predicted molar refractivity (Wildman–Crippen MR) is 108 cm³/mol. The number of nitrogens with one attached hydrogen (secondary N) is 1. The molecule has 0 radical (unpaired) electrons. The molecule has 1 aliphatic heterocycles. The summed E-state index contributed by atoms with van der Waals surface area (Å²) in [6, 6.07) is 10.3. The van der Waals surface area contributed by atoms with E-state index in [1.165, 1.54) is 22.5 Å². The lowest BCUT2D eigenvalue weighted by Gasteiger charge is -2.25. The average Bonchev–Trinajstić information content (AvgIpc) is 2.68. The van der Waals surface area contributed by atoms with Crippen molar-refractivity contribution in [2.24, 2.45) is 0 Å². The summed E-state index contributed by atoms with van der Waals surface area (Å²) in [7, 11) is -0.0718. The monoisotopic (exact) mass is 405 g/mol. The van der Waals surface area contributed by atoms with Gasteiger partial charge >= 0.3 is 0 Å². The second kappa shape index (κ2) is 8.28. The summed E-state index contributed by atoms with van der Waals surface area (Å²) in [6.07, 6.45) is 2.79. The number of nitrogens with zero attached hydrogens (tertiary/aromatic N) is 2. The normalized spacial score (nSPS) is 15.2. The summed E-state index contributed by atoms with van der Waals surface area (Å²) >= 11 is 0. The number of benzene rings is 2. The Morgan fingerprint density at radius 3 is 2.25 bits per heavy atom. The van der Waals surface area contributed by atoms with Crippen molar-refractivity contribution < 1.29 is 17.6 Å². The second-order valence-corrected chi connectivity index (χ2v) is 8.94. The molecule has 1 saturated heterocycles. The van der Waals surface area contributed by atoms with E-state index in [0.717, 1.165) is 19.3 Å². The fraction of sp³-hybridized carbons (Fsp3) is 0.350. The van der Waals surface area contributed by atoms with E-state index in [9.17, 15) is 17.6 Å². The molecule has 0 spiro atoms. The average molecular weight is 405 g/mol. The standard InChI is InChI=1S/C20H24FN3O3S/c1-23(2)19-11-6-15(14-18(19)21)20(25)22-16-7-9-17(10-8-16)28(26,27)24-12-4-3-5-13-24/h6-11,14H,3-5,12-13H2,1-2H3,(H,22,25). The first kappa shape index (κ1) is 20.3. The molecule has 0 saturated carbocycles. The quantitative estimate of drug-likeness (QED) is 0.829. The van der Waals surface area contributed by atoms with Gasteiger partial charge in [-0.2, -0.15) is 4.31 Å². The Morgan fingerprint density at radius 1 is 1.04 bits per heavy atom. The Hall–Kier alpha value is -2.45. The fourth-order valence-corrected chi connectivity index (χ4v) is 4.70. The number of amides is 1. The van der Waals surface area contributed by atoms with E-state index in [2.05, 4.69) is 5.32 Å². The van der Waals surface area contributed by atoms with Crippen LogP contribution in [0.1, 0.15) is 29.6 Å². The topological polar surface area (TPSA) is 69.7 Å². The Morgan fingerprint density at radius 2 is 1.68 bits per heavy atom. The van der Waals surface area contributed by atoms with Crippen LogP contribution >= 0.6 is 0 Å². The molecule has 0 aromatic heterocycles. The van der Waals surface area contributed by atoms with Gasteiger partial charge in [0, 0.05) is 38.4 Å². The van der Waals surface area contributed by atoms with Gasteiger partial charge in [0.1, 0.15) is 5.82 Å². The maximum Gasteiger partial charge on any atom is 0.255 e. The molecule has 0 bridgehead atoms. The molecule has 8 heteroatoms. The van der Waals surface area contributed by atoms with Gasteiger partial charge in [0.25, 0.3) is 5.91 Å². The van der Waals surface area contributed by atoms with Crippen molar-refractivity contribution >= 4 is 27.3 Å². The van der Waals surface area contributed by atoms with E-state index in [-0.39, 0.29) is 10.5 Å². The SMILES string of the molecule is CN(C)c1ccc(C(=O)Nc2ccc(S(=O)(=O)N3CCCCC3)cc2)cc1F. The lowest BCUT2D eigenvalue weighted by Crippen LogP contribution is -2.35. The van der Waals surface area contributed by atoms with Gasteiger partial charge in [-0.25, -0.2) is 12.8 Å². The van der Waals surface area contributed by atoms with Crippen LogP contribution in [0.3, 0.4) is 0 Å². The lowest BCUT2D eigenvalue weighted by atomic mass is 10.1. The van der Waals surface area contributed by atoms with Gasteiger partial charge < -0.3 is 10.2 Å². The minimum absolute atomic E-state index is 0.188. The van der Waals surface area contributed by atoms with E-state index in [1.807, 2.05) is 0 Å².